The Hall–Kier alpha value is -5.71. The van der Waals surface area contributed by atoms with E-state index in [1.165, 1.54) is 71.8 Å². The second-order valence-corrected chi connectivity index (χ2v) is 10.9. The van der Waals surface area contributed by atoms with E-state index in [2.05, 4.69) is 20.5 Å². The van der Waals surface area contributed by atoms with Gasteiger partial charge in [0.05, 0.1) is 29.3 Å². The van der Waals surface area contributed by atoms with Gasteiger partial charge >= 0.3 is 12.7 Å². The van der Waals surface area contributed by atoms with E-state index in [9.17, 15) is 36.3 Å². The molecular formula is C30H20ClF6N9O2. The van der Waals surface area contributed by atoms with Crippen LogP contribution in [-0.4, -0.2) is 40.5 Å². The van der Waals surface area contributed by atoms with Crippen LogP contribution in [0.25, 0.3) is 27.9 Å². The molecule has 0 aliphatic rings. The van der Waals surface area contributed by atoms with E-state index in [1.807, 2.05) is 0 Å². The first-order chi connectivity index (χ1) is 22.8. The van der Waals surface area contributed by atoms with E-state index in [1.54, 1.807) is 0 Å². The summed E-state index contributed by atoms with van der Waals surface area (Å²) in [6, 6.07) is 11.4. The van der Waals surface area contributed by atoms with Crippen molar-refractivity contribution in [2.75, 3.05) is 0 Å². The minimum Gasteiger partial charge on any atom is -0.618 e. The fraction of sp³-hybridized carbons (Fsp3) is 0.133. The molecule has 0 saturated heterocycles. The van der Waals surface area contributed by atoms with E-state index in [0.717, 1.165) is 16.9 Å². The summed E-state index contributed by atoms with van der Waals surface area (Å²) in [5.41, 5.74) is 5.34. The van der Waals surface area contributed by atoms with Gasteiger partial charge in [-0.1, -0.05) is 22.9 Å². The highest BCUT2D eigenvalue weighted by atomic mass is 35.5. The number of pyridine rings is 1. The summed E-state index contributed by atoms with van der Waals surface area (Å²) in [7, 11) is 0. The molecule has 48 heavy (non-hydrogen) atoms. The number of carbonyl (C=O) groups is 1. The predicted octanol–water partition coefficient (Wildman–Crippen LogP) is 5.77. The summed E-state index contributed by atoms with van der Waals surface area (Å²) in [6.07, 6.45) is 1.01. The molecular weight excluding hydrogens is 668 g/mol. The van der Waals surface area contributed by atoms with Gasteiger partial charge in [0.1, 0.15) is 11.9 Å². The number of nitrogens with two attached hydrogens (primary N) is 1. The Morgan fingerprint density at radius 3 is 2.42 bits per heavy atom. The van der Waals surface area contributed by atoms with Crippen molar-refractivity contribution in [2.45, 2.75) is 25.2 Å². The lowest BCUT2D eigenvalue weighted by Gasteiger charge is -2.17. The monoisotopic (exact) mass is 687 g/mol. The first kappa shape index (κ1) is 32.2. The Balaban J connectivity index is 1.40. The average Bonchev–Trinajstić information content (AvgIpc) is 3.81. The van der Waals surface area contributed by atoms with Gasteiger partial charge in [0.15, 0.2) is 11.9 Å². The molecule has 2 N–H and O–H groups in total. The SMILES string of the molecule is NC(=O)c1ccc(-c2cnn([C@@H](Cc3ccn(C(F)F)n3)c3ccc(-c4cc(Cl)ccc4-n4cc(C(F)(F)F)nn4)c[n+]3[O-])c2)cc1F. The molecule has 6 rings (SSSR count). The van der Waals surface area contributed by atoms with Gasteiger partial charge in [0, 0.05) is 46.6 Å². The van der Waals surface area contributed by atoms with E-state index in [0.29, 0.717) is 26.7 Å². The molecule has 0 saturated carbocycles. The van der Waals surface area contributed by atoms with Crippen LogP contribution in [0, 0.1) is 11.0 Å². The second kappa shape index (κ2) is 12.5. The van der Waals surface area contributed by atoms with Crippen LogP contribution in [0.1, 0.15) is 40.0 Å². The van der Waals surface area contributed by atoms with Crippen molar-refractivity contribution in [2.24, 2.45) is 5.73 Å². The van der Waals surface area contributed by atoms with Gasteiger partial charge in [0.25, 0.3) is 5.91 Å². The van der Waals surface area contributed by atoms with E-state index >= 15 is 0 Å². The molecule has 0 fully saturated rings. The van der Waals surface area contributed by atoms with E-state index in [-0.39, 0.29) is 45.2 Å². The van der Waals surface area contributed by atoms with Crippen LogP contribution >= 0.6 is 11.6 Å². The molecule has 18 heteroatoms. The maximum Gasteiger partial charge on any atom is 0.436 e. The molecule has 0 unspecified atom stereocenters. The molecule has 0 aliphatic carbocycles. The Kier molecular flexibility index (Phi) is 8.38. The maximum absolute atomic E-state index is 14.5. The lowest BCUT2D eigenvalue weighted by molar-refractivity contribution is -0.615. The second-order valence-electron chi connectivity index (χ2n) is 10.4. The fourth-order valence-electron chi connectivity index (χ4n) is 5.04. The van der Waals surface area contributed by atoms with Crippen molar-refractivity contribution in [3.63, 3.8) is 0 Å². The van der Waals surface area contributed by atoms with Crippen LogP contribution in [0.4, 0.5) is 26.3 Å². The minimum absolute atomic E-state index is 0.0824. The zero-order valence-electron chi connectivity index (χ0n) is 24.1. The fourth-order valence-corrected chi connectivity index (χ4v) is 5.21. The number of nitrogens with zero attached hydrogens (tertiary/aromatic N) is 8. The highest BCUT2D eigenvalue weighted by molar-refractivity contribution is 6.31. The number of aromatic nitrogens is 8. The van der Waals surface area contributed by atoms with Gasteiger partial charge in [-0.2, -0.15) is 36.9 Å². The highest BCUT2D eigenvalue weighted by Gasteiger charge is 2.35. The average molecular weight is 688 g/mol. The highest BCUT2D eigenvalue weighted by Crippen LogP contribution is 2.33. The summed E-state index contributed by atoms with van der Waals surface area (Å²) in [5, 5.41) is 28.9. The summed E-state index contributed by atoms with van der Waals surface area (Å²) >= 11 is 6.20. The van der Waals surface area contributed by atoms with Crippen LogP contribution in [0.2, 0.25) is 5.02 Å². The van der Waals surface area contributed by atoms with Gasteiger partial charge in [-0.25, -0.2) is 13.8 Å². The van der Waals surface area contributed by atoms with Crippen LogP contribution in [0.3, 0.4) is 0 Å². The largest absolute Gasteiger partial charge is 0.618 e. The van der Waals surface area contributed by atoms with Crippen LogP contribution in [-0.2, 0) is 12.6 Å². The van der Waals surface area contributed by atoms with Gasteiger partial charge < -0.3 is 10.9 Å². The predicted molar refractivity (Wildman–Crippen MR) is 157 cm³/mol. The molecule has 2 aromatic carbocycles. The molecule has 4 aromatic heterocycles. The number of benzene rings is 2. The van der Waals surface area contributed by atoms with Crippen molar-refractivity contribution >= 4 is 17.5 Å². The molecule has 0 bridgehead atoms. The molecule has 246 valence electrons. The summed E-state index contributed by atoms with van der Waals surface area (Å²) < 4.78 is 83.9. The third kappa shape index (κ3) is 6.44. The third-order valence-electron chi connectivity index (χ3n) is 7.34. The number of amides is 1. The molecule has 1 amide bonds. The first-order valence-electron chi connectivity index (χ1n) is 13.8. The molecule has 6 aromatic rings. The number of halogens is 7. The summed E-state index contributed by atoms with van der Waals surface area (Å²) in [6.45, 7) is -2.90. The minimum atomic E-state index is -4.74. The zero-order valence-corrected chi connectivity index (χ0v) is 24.8. The van der Waals surface area contributed by atoms with Crippen LogP contribution in [0.5, 0.6) is 0 Å². The summed E-state index contributed by atoms with van der Waals surface area (Å²) in [4.78, 5) is 11.5. The van der Waals surface area contributed by atoms with Gasteiger partial charge in [-0.15, -0.1) is 5.10 Å². The van der Waals surface area contributed by atoms with Crippen molar-refractivity contribution in [3.05, 3.63) is 124 Å². The van der Waals surface area contributed by atoms with Gasteiger partial charge in [-0.3, -0.25) is 9.48 Å². The number of hydrogen-bond acceptors (Lipinski definition) is 6. The standard InChI is InChI=1S/C30H20ClF6N9O2/c31-19-3-6-24(45-15-27(40-42-45)30(35,36)37)22(10-19)17-2-5-25(46(48)14-17)26(11-20-7-8-43(41-20)29(33)34)44-13-18(12-39-44)16-1-4-21(28(38)47)23(32)9-16/h1-10,12-15,26,29H,11H2,(H2,38,47)/t26-/m0/s1. The van der Waals surface area contributed by atoms with Crippen molar-refractivity contribution in [3.8, 4) is 27.9 Å². The Labute approximate surface area is 271 Å². The Morgan fingerprint density at radius 2 is 1.77 bits per heavy atom. The number of rotatable bonds is 9. The molecule has 11 nitrogen and oxygen atoms in total. The Morgan fingerprint density at radius 1 is 1.00 bits per heavy atom. The van der Waals surface area contributed by atoms with E-state index in [4.69, 9.17) is 17.3 Å². The Bertz CT molecular complexity index is 2140. The van der Waals surface area contributed by atoms with Crippen molar-refractivity contribution in [1.29, 1.82) is 0 Å². The van der Waals surface area contributed by atoms with Crippen LogP contribution < -0.4 is 10.5 Å². The molecule has 4 heterocycles. The van der Waals surface area contributed by atoms with E-state index < -0.39 is 36.2 Å². The number of hydrogen-bond donors (Lipinski definition) is 1. The number of carbonyl (C=O) groups excluding carboxylic acids is 1. The molecule has 0 spiro atoms. The van der Waals surface area contributed by atoms with Gasteiger partial charge in [0.2, 0.25) is 5.69 Å². The molecule has 0 aliphatic heterocycles. The number of alkyl halides is 5. The lowest BCUT2D eigenvalue weighted by Crippen LogP contribution is -2.36. The van der Waals surface area contributed by atoms with Crippen molar-refractivity contribution < 1.29 is 35.9 Å². The van der Waals surface area contributed by atoms with Gasteiger partial charge in [-0.05, 0) is 48.0 Å². The topological polar surface area (TPSA) is 136 Å². The summed E-state index contributed by atoms with van der Waals surface area (Å²) in [5.74, 6) is -1.80. The lowest BCUT2D eigenvalue weighted by atomic mass is 10.0. The smallest absolute Gasteiger partial charge is 0.436 e. The number of primary amides is 1. The van der Waals surface area contributed by atoms with Crippen molar-refractivity contribution in [1.82, 2.24) is 34.6 Å². The zero-order chi connectivity index (χ0) is 34.3. The normalized spacial score (nSPS) is 12.5. The quantitative estimate of drug-likeness (QED) is 0.117. The van der Waals surface area contributed by atoms with Crippen LogP contribution in [0.15, 0.2) is 85.6 Å². The molecule has 1 atom stereocenters. The third-order valence-corrected chi connectivity index (χ3v) is 7.58. The molecule has 0 radical (unpaired) electrons. The first-order valence-corrected chi connectivity index (χ1v) is 14.2. The maximum atomic E-state index is 14.5.